The average Bonchev–Trinajstić information content (AvgIpc) is 3.54. The van der Waals surface area contributed by atoms with Gasteiger partial charge in [-0.2, -0.15) is 0 Å². The number of hydrogen-bond acceptors (Lipinski definition) is 7. The summed E-state index contributed by atoms with van der Waals surface area (Å²) in [7, 11) is -3.97. The molecule has 204 valence electrons. The third-order valence-electron chi connectivity index (χ3n) is 6.65. The maximum atomic E-state index is 14.3. The molecule has 1 N–H and O–H groups in total. The lowest BCUT2D eigenvalue weighted by Gasteiger charge is -2.30. The molecule has 4 rings (SSSR count). The van der Waals surface area contributed by atoms with Crippen molar-refractivity contribution in [3.8, 4) is 0 Å². The third-order valence-corrected chi connectivity index (χ3v) is 8.22. The lowest BCUT2D eigenvalue weighted by Crippen LogP contribution is -2.46. The number of amides is 2. The smallest absolute Gasteiger partial charge is 0.317 e. The Labute approximate surface area is 217 Å². The number of nitrogens with one attached hydrogen (secondary N) is 1. The first-order valence-corrected chi connectivity index (χ1v) is 14.5. The standard InChI is InChI=1S/C25H36FN5O5S/c1-2-27-24(32)30(10-9-29-11-14-35-15-12-29)17-21-16-28-25(31(21)18-22-7-5-13-36-22)37(33,34)19-20-6-3-4-8-23(20)26/h3-4,6,8,16,22H,2,5,7,9-15,17-19H2,1H3,(H,27,32)/t22-/m0/s1. The molecule has 2 aliphatic rings. The molecule has 0 bridgehead atoms. The minimum absolute atomic E-state index is 0.0881. The first kappa shape index (κ1) is 27.5. The number of benzene rings is 1. The van der Waals surface area contributed by atoms with Crippen molar-refractivity contribution in [2.24, 2.45) is 0 Å². The van der Waals surface area contributed by atoms with Crippen LogP contribution in [-0.4, -0.2) is 92.4 Å². The van der Waals surface area contributed by atoms with Crippen molar-refractivity contribution in [2.75, 3.05) is 52.5 Å². The summed E-state index contributed by atoms with van der Waals surface area (Å²) in [6.07, 6.45) is 3.06. The van der Waals surface area contributed by atoms with Gasteiger partial charge in [-0.05, 0) is 25.8 Å². The largest absolute Gasteiger partial charge is 0.379 e. The fourth-order valence-corrected chi connectivity index (χ4v) is 6.15. The summed E-state index contributed by atoms with van der Waals surface area (Å²) in [5, 5.41) is 2.72. The lowest BCUT2D eigenvalue weighted by atomic mass is 10.2. The summed E-state index contributed by atoms with van der Waals surface area (Å²) in [6, 6.07) is 5.61. The number of carbonyl (C=O) groups excluding carboxylic acids is 1. The van der Waals surface area contributed by atoms with E-state index in [0.717, 1.165) is 25.9 Å². The van der Waals surface area contributed by atoms with Gasteiger partial charge in [-0.1, -0.05) is 18.2 Å². The van der Waals surface area contributed by atoms with E-state index >= 15 is 0 Å². The molecule has 2 aliphatic heterocycles. The molecule has 2 saturated heterocycles. The van der Waals surface area contributed by atoms with Gasteiger partial charge in [0.05, 0.1) is 50.1 Å². The van der Waals surface area contributed by atoms with E-state index in [9.17, 15) is 17.6 Å². The Morgan fingerprint density at radius 2 is 2.03 bits per heavy atom. The third kappa shape index (κ3) is 7.28. The van der Waals surface area contributed by atoms with Crippen molar-refractivity contribution in [2.45, 2.75) is 49.9 Å². The molecule has 2 aromatic rings. The van der Waals surface area contributed by atoms with Gasteiger partial charge in [-0.25, -0.2) is 22.6 Å². The molecule has 2 amide bonds. The van der Waals surface area contributed by atoms with E-state index in [4.69, 9.17) is 9.47 Å². The number of halogens is 1. The molecule has 10 nitrogen and oxygen atoms in total. The van der Waals surface area contributed by atoms with Crippen LogP contribution in [0.25, 0.3) is 0 Å². The van der Waals surface area contributed by atoms with Gasteiger partial charge in [0.15, 0.2) is 0 Å². The van der Waals surface area contributed by atoms with E-state index < -0.39 is 21.4 Å². The Balaban J connectivity index is 1.59. The number of urea groups is 1. The monoisotopic (exact) mass is 537 g/mol. The molecule has 2 fully saturated rings. The summed E-state index contributed by atoms with van der Waals surface area (Å²) < 4.78 is 53.9. The second-order valence-corrected chi connectivity index (χ2v) is 11.2. The normalized spacial score (nSPS) is 18.7. The van der Waals surface area contributed by atoms with E-state index in [1.165, 1.54) is 24.4 Å². The summed E-state index contributed by atoms with van der Waals surface area (Å²) in [4.78, 5) is 21.1. The molecule has 1 atom stereocenters. The van der Waals surface area contributed by atoms with Crippen molar-refractivity contribution < 1.29 is 27.1 Å². The summed E-state index contributed by atoms with van der Waals surface area (Å²) in [5.74, 6) is -1.08. The van der Waals surface area contributed by atoms with E-state index in [1.807, 2.05) is 6.92 Å². The quantitative estimate of drug-likeness (QED) is 0.468. The molecule has 1 aromatic heterocycles. The van der Waals surface area contributed by atoms with Gasteiger partial charge >= 0.3 is 6.03 Å². The molecule has 12 heteroatoms. The van der Waals surface area contributed by atoms with Crippen LogP contribution in [0, 0.1) is 5.82 Å². The summed E-state index contributed by atoms with van der Waals surface area (Å²) in [6.45, 7) is 7.52. The number of ether oxygens (including phenoxy) is 2. The number of nitrogens with zero attached hydrogens (tertiary/aromatic N) is 4. The molecule has 1 aromatic carbocycles. The van der Waals surface area contributed by atoms with Crippen LogP contribution in [0.4, 0.5) is 9.18 Å². The Kier molecular flexibility index (Phi) is 9.52. The highest BCUT2D eigenvalue weighted by molar-refractivity contribution is 7.90. The van der Waals surface area contributed by atoms with Gasteiger partial charge in [-0.15, -0.1) is 0 Å². The highest BCUT2D eigenvalue weighted by Gasteiger charge is 2.29. The van der Waals surface area contributed by atoms with Crippen LogP contribution in [0.2, 0.25) is 0 Å². The Morgan fingerprint density at radius 3 is 2.73 bits per heavy atom. The van der Waals surface area contributed by atoms with E-state index in [2.05, 4.69) is 15.2 Å². The van der Waals surface area contributed by atoms with Crippen molar-refractivity contribution in [3.05, 3.63) is 47.5 Å². The van der Waals surface area contributed by atoms with Crippen molar-refractivity contribution in [1.82, 2.24) is 24.7 Å². The zero-order valence-corrected chi connectivity index (χ0v) is 22.1. The number of rotatable bonds is 11. The maximum Gasteiger partial charge on any atom is 0.317 e. The van der Waals surface area contributed by atoms with Crippen LogP contribution in [0.1, 0.15) is 31.0 Å². The highest BCUT2D eigenvalue weighted by atomic mass is 32.2. The van der Waals surface area contributed by atoms with E-state index in [1.54, 1.807) is 15.5 Å². The zero-order valence-electron chi connectivity index (χ0n) is 21.3. The topological polar surface area (TPSA) is 106 Å². The molecule has 0 spiro atoms. The van der Waals surface area contributed by atoms with Gasteiger partial charge in [0.1, 0.15) is 5.82 Å². The number of aromatic nitrogens is 2. The minimum Gasteiger partial charge on any atom is -0.379 e. The average molecular weight is 538 g/mol. The Hall–Kier alpha value is -2.54. The van der Waals surface area contributed by atoms with Crippen molar-refractivity contribution in [1.29, 1.82) is 0 Å². The molecule has 0 radical (unpaired) electrons. The van der Waals surface area contributed by atoms with E-state index in [-0.39, 0.29) is 29.4 Å². The second-order valence-electron chi connectivity index (χ2n) is 9.34. The second kappa shape index (κ2) is 12.8. The molecular formula is C25H36FN5O5S. The predicted octanol–water partition coefficient (Wildman–Crippen LogP) is 2.04. The highest BCUT2D eigenvalue weighted by Crippen LogP contribution is 2.23. The predicted molar refractivity (Wildman–Crippen MR) is 135 cm³/mol. The van der Waals surface area contributed by atoms with Crippen LogP contribution in [0.5, 0.6) is 0 Å². The summed E-state index contributed by atoms with van der Waals surface area (Å²) in [5.41, 5.74) is 0.681. The zero-order chi connectivity index (χ0) is 26.3. The first-order valence-electron chi connectivity index (χ1n) is 12.8. The number of sulfone groups is 1. The SMILES string of the molecule is CCNC(=O)N(CCN1CCOCC1)Cc1cnc(S(=O)(=O)Cc2ccccc2F)n1C[C@@H]1CCCO1. The molecular weight excluding hydrogens is 501 g/mol. The number of imidazole rings is 1. The lowest BCUT2D eigenvalue weighted by molar-refractivity contribution is 0.0345. The van der Waals surface area contributed by atoms with Crippen molar-refractivity contribution in [3.63, 3.8) is 0 Å². The maximum absolute atomic E-state index is 14.3. The number of hydrogen-bond donors (Lipinski definition) is 1. The van der Waals surface area contributed by atoms with Crippen LogP contribution in [0.15, 0.2) is 35.6 Å². The van der Waals surface area contributed by atoms with Gasteiger partial charge in [0.25, 0.3) is 0 Å². The van der Waals surface area contributed by atoms with Gasteiger partial charge < -0.3 is 24.3 Å². The first-order chi connectivity index (χ1) is 17.9. The Bertz CT molecular complexity index is 1150. The molecule has 3 heterocycles. The van der Waals surface area contributed by atoms with Gasteiger partial charge in [0, 0.05) is 44.9 Å². The molecule has 37 heavy (non-hydrogen) atoms. The number of morpholine rings is 1. The van der Waals surface area contributed by atoms with Crippen LogP contribution >= 0.6 is 0 Å². The van der Waals surface area contributed by atoms with Gasteiger partial charge in [0.2, 0.25) is 15.0 Å². The fraction of sp³-hybridized carbons (Fsp3) is 0.600. The van der Waals surface area contributed by atoms with Crippen LogP contribution in [0.3, 0.4) is 0 Å². The number of carbonyl (C=O) groups is 1. The van der Waals surface area contributed by atoms with Crippen molar-refractivity contribution >= 4 is 15.9 Å². The van der Waals surface area contributed by atoms with Crippen LogP contribution in [-0.2, 0) is 38.2 Å². The Morgan fingerprint density at radius 1 is 1.24 bits per heavy atom. The van der Waals surface area contributed by atoms with Gasteiger partial charge in [-0.3, -0.25) is 4.90 Å². The molecule has 0 unspecified atom stereocenters. The molecule has 0 saturated carbocycles. The minimum atomic E-state index is -3.97. The van der Waals surface area contributed by atoms with Crippen LogP contribution < -0.4 is 5.32 Å². The molecule has 0 aliphatic carbocycles. The fourth-order valence-electron chi connectivity index (χ4n) is 4.64. The van der Waals surface area contributed by atoms with E-state index in [0.29, 0.717) is 51.7 Å². The summed E-state index contributed by atoms with van der Waals surface area (Å²) >= 11 is 0.